The van der Waals surface area contributed by atoms with Gasteiger partial charge in [-0.05, 0) is 43.7 Å². The van der Waals surface area contributed by atoms with E-state index in [4.69, 9.17) is 4.74 Å². The largest absolute Gasteiger partial charge is 0.381 e. The maximum Gasteiger partial charge on any atom is 0.254 e. The van der Waals surface area contributed by atoms with Crippen LogP contribution in [0.15, 0.2) is 24.5 Å². The Morgan fingerprint density at radius 1 is 1.24 bits per heavy atom. The monoisotopic (exact) mass is 343 g/mol. The number of hydrogen-bond acceptors (Lipinski definition) is 4. The zero-order chi connectivity index (χ0) is 17.3. The van der Waals surface area contributed by atoms with Gasteiger partial charge in [0.05, 0.1) is 5.92 Å². The first-order chi connectivity index (χ1) is 12.2. The summed E-state index contributed by atoms with van der Waals surface area (Å²) in [7, 11) is 0. The highest BCUT2D eigenvalue weighted by atomic mass is 16.5. The molecule has 6 heteroatoms. The number of nitrogens with zero attached hydrogens (tertiary/aromatic N) is 2. The molecule has 0 aromatic carbocycles. The van der Waals surface area contributed by atoms with Crippen LogP contribution in [0.25, 0.3) is 0 Å². The van der Waals surface area contributed by atoms with Crippen molar-refractivity contribution in [1.82, 2.24) is 15.2 Å². The second-order valence-electron chi connectivity index (χ2n) is 7.64. The van der Waals surface area contributed by atoms with Crippen molar-refractivity contribution in [2.45, 2.75) is 25.7 Å². The molecule has 1 aliphatic carbocycles. The van der Waals surface area contributed by atoms with Gasteiger partial charge in [-0.2, -0.15) is 0 Å². The van der Waals surface area contributed by atoms with E-state index in [1.807, 2.05) is 4.90 Å². The van der Waals surface area contributed by atoms with E-state index >= 15 is 0 Å². The Morgan fingerprint density at radius 2 is 1.96 bits per heavy atom. The van der Waals surface area contributed by atoms with Crippen molar-refractivity contribution in [3.8, 4) is 0 Å². The summed E-state index contributed by atoms with van der Waals surface area (Å²) in [6.45, 7) is 3.25. The zero-order valence-electron chi connectivity index (χ0n) is 14.4. The molecule has 2 saturated heterocycles. The standard InChI is InChI=1S/C19H25N3O3/c23-17(21-11-14-1-2-14)16-12-22(13-19(16)5-9-25-10-6-19)18(24)15-3-7-20-8-4-15/h3-4,7-8,14,16H,1-2,5-6,9-13H2,(H,21,23)/t16-/m1/s1. The van der Waals surface area contributed by atoms with Crippen LogP contribution in [0.2, 0.25) is 0 Å². The quantitative estimate of drug-likeness (QED) is 0.899. The van der Waals surface area contributed by atoms with Crippen molar-refractivity contribution >= 4 is 11.8 Å². The number of pyridine rings is 1. The number of rotatable bonds is 4. The van der Waals surface area contributed by atoms with E-state index < -0.39 is 0 Å². The minimum atomic E-state index is -0.144. The van der Waals surface area contributed by atoms with E-state index in [0.29, 0.717) is 37.8 Å². The molecule has 25 heavy (non-hydrogen) atoms. The Kier molecular flexibility index (Phi) is 4.46. The van der Waals surface area contributed by atoms with Gasteiger partial charge >= 0.3 is 0 Å². The summed E-state index contributed by atoms with van der Waals surface area (Å²) in [5.74, 6) is 0.621. The van der Waals surface area contributed by atoms with Gasteiger partial charge in [-0.25, -0.2) is 0 Å². The third-order valence-corrected chi connectivity index (χ3v) is 5.93. The molecule has 3 heterocycles. The number of carbonyl (C=O) groups is 2. The highest BCUT2D eigenvalue weighted by Gasteiger charge is 2.51. The number of hydrogen-bond donors (Lipinski definition) is 1. The molecule has 3 aliphatic rings. The number of amides is 2. The molecular weight excluding hydrogens is 318 g/mol. The summed E-state index contributed by atoms with van der Waals surface area (Å²) in [5, 5.41) is 3.13. The molecule has 0 unspecified atom stereocenters. The first-order valence-electron chi connectivity index (χ1n) is 9.23. The van der Waals surface area contributed by atoms with Gasteiger partial charge in [0.15, 0.2) is 0 Å². The third kappa shape index (κ3) is 3.40. The van der Waals surface area contributed by atoms with Gasteiger partial charge in [-0.15, -0.1) is 0 Å². The van der Waals surface area contributed by atoms with Gasteiger partial charge in [0, 0.05) is 56.2 Å². The van der Waals surface area contributed by atoms with Crippen LogP contribution in [0.4, 0.5) is 0 Å². The molecule has 0 radical (unpaired) electrons. The van der Waals surface area contributed by atoms with Crippen LogP contribution in [0.1, 0.15) is 36.0 Å². The van der Waals surface area contributed by atoms with Gasteiger partial charge in [-0.1, -0.05) is 0 Å². The van der Waals surface area contributed by atoms with Crippen molar-refractivity contribution in [3.63, 3.8) is 0 Å². The van der Waals surface area contributed by atoms with E-state index in [2.05, 4.69) is 10.3 Å². The molecule has 1 N–H and O–H groups in total. The van der Waals surface area contributed by atoms with E-state index in [9.17, 15) is 9.59 Å². The highest BCUT2D eigenvalue weighted by Crippen LogP contribution is 2.45. The van der Waals surface area contributed by atoms with Crippen LogP contribution in [-0.2, 0) is 9.53 Å². The van der Waals surface area contributed by atoms with Crippen LogP contribution in [-0.4, -0.2) is 54.5 Å². The number of ether oxygens (including phenoxy) is 1. The maximum absolute atomic E-state index is 12.9. The first kappa shape index (κ1) is 16.5. The fraction of sp³-hybridized carbons (Fsp3) is 0.632. The molecule has 2 aliphatic heterocycles. The minimum absolute atomic E-state index is 0.00856. The van der Waals surface area contributed by atoms with Crippen molar-refractivity contribution in [3.05, 3.63) is 30.1 Å². The van der Waals surface area contributed by atoms with Gasteiger partial charge in [0.2, 0.25) is 5.91 Å². The molecule has 6 nitrogen and oxygen atoms in total. The first-order valence-corrected chi connectivity index (χ1v) is 9.23. The second-order valence-corrected chi connectivity index (χ2v) is 7.64. The van der Waals surface area contributed by atoms with Crippen LogP contribution in [0.5, 0.6) is 0 Å². The molecule has 2 amide bonds. The lowest BCUT2D eigenvalue weighted by Gasteiger charge is -2.37. The fourth-order valence-corrected chi connectivity index (χ4v) is 4.14. The maximum atomic E-state index is 12.9. The molecule has 1 atom stereocenters. The summed E-state index contributed by atoms with van der Waals surface area (Å²) in [4.78, 5) is 31.5. The lowest BCUT2D eigenvalue weighted by Crippen LogP contribution is -2.44. The van der Waals surface area contributed by atoms with E-state index in [0.717, 1.165) is 19.4 Å². The second kappa shape index (κ2) is 6.75. The van der Waals surface area contributed by atoms with Crippen molar-refractivity contribution < 1.29 is 14.3 Å². The third-order valence-electron chi connectivity index (χ3n) is 5.93. The summed E-state index contributed by atoms with van der Waals surface area (Å²) in [6.07, 6.45) is 7.39. The van der Waals surface area contributed by atoms with Gasteiger partial charge in [0.25, 0.3) is 5.91 Å². The van der Waals surface area contributed by atoms with E-state index in [1.54, 1.807) is 24.5 Å². The summed E-state index contributed by atoms with van der Waals surface area (Å²) >= 11 is 0. The number of carbonyl (C=O) groups excluding carboxylic acids is 2. The minimum Gasteiger partial charge on any atom is -0.381 e. The predicted molar refractivity (Wildman–Crippen MR) is 91.9 cm³/mol. The SMILES string of the molecule is O=C(NCC1CC1)[C@H]1CN(C(=O)c2ccncc2)CC12CCOCC2. The smallest absolute Gasteiger partial charge is 0.254 e. The Hall–Kier alpha value is -1.95. The Bertz CT molecular complexity index is 639. The average molecular weight is 343 g/mol. The molecule has 1 spiro atoms. The Labute approximate surface area is 147 Å². The van der Waals surface area contributed by atoms with Crippen LogP contribution in [0, 0.1) is 17.3 Å². The molecule has 1 aromatic heterocycles. The lowest BCUT2D eigenvalue weighted by molar-refractivity contribution is -0.129. The molecular formula is C19H25N3O3. The summed E-state index contributed by atoms with van der Waals surface area (Å²) in [5.41, 5.74) is 0.491. The van der Waals surface area contributed by atoms with Crippen LogP contribution >= 0.6 is 0 Å². The van der Waals surface area contributed by atoms with Crippen molar-refractivity contribution in [2.24, 2.45) is 17.3 Å². The average Bonchev–Trinajstić information content (AvgIpc) is 3.42. The van der Waals surface area contributed by atoms with Crippen molar-refractivity contribution in [1.29, 1.82) is 0 Å². The van der Waals surface area contributed by atoms with E-state index in [-0.39, 0.29) is 23.1 Å². The topological polar surface area (TPSA) is 71.5 Å². The predicted octanol–water partition coefficient (Wildman–Crippen LogP) is 1.48. The van der Waals surface area contributed by atoms with Crippen molar-refractivity contribution in [2.75, 3.05) is 32.8 Å². The Morgan fingerprint density at radius 3 is 2.64 bits per heavy atom. The van der Waals surface area contributed by atoms with Gasteiger partial charge in [0.1, 0.15) is 0 Å². The van der Waals surface area contributed by atoms with Gasteiger partial charge < -0.3 is 15.0 Å². The zero-order valence-corrected chi connectivity index (χ0v) is 14.4. The molecule has 3 fully saturated rings. The normalized spacial score (nSPS) is 25.1. The molecule has 134 valence electrons. The number of aromatic nitrogens is 1. The van der Waals surface area contributed by atoms with Crippen LogP contribution < -0.4 is 5.32 Å². The molecule has 1 aromatic rings. The van der Waals surface area contributed by atoms with E-state index in [1.165, 1.54) is 12.8 Å². The summed E-state index contributed by atoms with van der Waals surface area (Å²) in [6, 6.07) is 3.47. The number of nitrogens with one attached hydrogen (secondary N) is 1. The lowest BCUT2D eigenvalue weighted by atomic mass is 9.71. The highest BCUT2D eigenvalue weighted by molar-refractivity contribution is 5.95. The molecule has 0 bridgehead atoms. The Balaban J connectivity index is 1.51. The molecule has 1 saturated carbocycles. The van der Waals surface area contributed by atoms with Crippen LogP contribution in [0.3, 0.4) is 0 Å². The number of likely N-dealkylation sites (tertiary alicyclic amines) is 1. The summed E-state index contributed by atoms with van der Waals surface area (Å²) < 4.78 is 5.53. The molecule has 4 rings (SSSR count). The fourth-order valence-electron chi connectivity index (χ4n) is 4.14. The van der Waals surface area contributed by atoms with Gasteiger partial charge in [-0.3, -0.25) is 14.6 Å².